The van der Waals surface area contributed by atoms with Crippen molar-refractivity contribution in [2.24, 2.45) is 0 Å². The SMILES string of the molecule is CCCCOC(=O)OC(C)C(=O)OCC1CCCO1. The van der Waals surface area contributed by atoms with Crippen molar-refractivity contribution in [3.05, 3.63) is 0 Å². The van der Waals surface area contributed by atoms with E-state index in [1.807, 2.05) is 6.92 Å². The number of ether oxygens (including phenoxy) is 4. The monoisotopic (exact) mass is 274 g/mol. The second kappa shape index (κ2) is 8.74. The molecule has 0 aromatic rings. The Morgan fingerprint density at radius 2 is 2.16 bits per heavy atom. The van der Waals surface area contributed by atoms with Crippen molar-refractivity contribution in [1.29, 1.82) is 0 Å². The average molecular weight is 274 g/mol. The molecule has 110 valence electrons. The molecule has 2 atom stereocenters. The second-order valence-electron chi connectivity index (χ2n) is 4.48. The average Bonchev–Trinajstić information content (AvgIpc) is 2.89. The number of rotatable bonds is 7. The minimum absolute atomic E-state index is 0.0346. The molecule has 0 saturated carbocycles. The molecule has 0 aromatic carbocycles. The largest absolute Gasteiger partial charge is 0.509 e. The van der Waals surface area contributed by atoms with Crippen LogP contribution in [-0.4, -0.2) is 44.2 Å². The number of hydrogen-bond acceptors (Lipinski definition) is 6. The predicted octanol–water partition coefficient (Wildman–Crippen LogP) is 2.05. The summed E-state index contributed by atoms with van der Waals surface area (Å²) in [5.41, 5.74) is 0. The Hall–Kier alpha value is -1.30. The highest BCUT2D eigenvalue weighted by Gasteiger charge is 2.23. The molecular formula is C13H22O6. The van der Waals surface area contributed by atoms with Gasteiger partial charge in [-0.05, 0) is 26.2 Å². The number of carbonyl (C=O) groups is 2. The van der Waals surface area contributed by atoms with Crippen LogP contribution in [0.2, 0.25) is 0 Å². The van der Waals surface area contributed by atoms with Gasteiger partial charge in [0.25, 0.3) is 0 Å². The molecule has 1 aliphatic rings. The van der Waals surface area contributed by atoms with Gasteiger partial charge in [0, 0.05) is 6.61 Å². The first-order valence-corrected chi connectivity index (χ1v) is 6.75. The standard InChI is InChI=1S/C13H22O6/c1-3-4-7-17-13(15)19-10(2)12(14)18-9-11-6-5-8-16-11/h10-11H,3-9H2,1-2H3. The maximum absolute atomic E-state index is 11.6. The Kier molecular flexibility index (Phi) is 7.25. The van der Waals surface area contributed by atoms with E-state index in [0.717, 1.165) is 25.7 Å². The summed E-state index contributed by atoms with van der Waals surface area (Å²) in [7, 11) is 0. The van der Waals surface area contributed by atoms with E-state index in [4.69, 9.17) is 18.9 Å². The van der Waals surface area contributed by atoms with E-state index in [0.29, 0.717) is 13.2 Å². The van der Waals surface area contributed by atoms with Crippen LogP contribution in [0.1, 0.15) is 39.5 Å². The third-order valence-electron chi connectivity index (χ3n) is 2.76. The summed E-state index contributed by atoms with van der Waals surface area (Å²) < 4.78 is 19.9. The molecule has 1 heterocycles. The van der Waals surface area contributed by atoms with Crippen LogP contribution in [0.3, 0.4) is 0 Å². The number of hydrogen-bond donors (Lipinski definition) is 0. The Morgan fingerprint density at radius 1 is 1.37 bits per heavy atom. The van der Waals surface area contributed by atoms with Gasteiger partial charge in [-0.3, -0.25) is 0 Å². The normalized spacial score (nSPS) is 19.8. The Labute approximate surface area is 113 Å². The van der Waals surface area contributed by atoms with Gasteiger partial charge in [-0.25, -0.2) is 9.59 Å². The molecule has 6 heteroatoms. The fourth-order valence-corrected chi connectivity index (χ4v) is 1.59. The molecule has 1 aliphatic heterocycles. The van der Waals surface area contributed by atoms with E-state index in [2.05, 4.69) is 0 Å². The maximum Gasteiger partial charge on any atom is 0.509 e. The first kappa shape index (κ1) is 15.8. The summed E-state index contributed by atoms with van der Waals surface area (Å²) in [6.45, 7) is 4.65. The molecule has 0 spiro atoms. The van der Waals surface area contributed by atoms with Crippen LogP contribution < -0.4 is 0 Å². The van der Waals surface area contributed by atoms with Crippen molar-refractivity contribution in [3.63, 3.8) is 0 Å². The molecule has 1 fully saturated rings. The van der Waals surface area contributed by atoms with Crippen LogP contribution >= 0.6 is 0 Å². The Morgan fingerprint density at radius 3 is 2.79 bits per heavy atom. The molecule has 0 bridgehead atoms. The highest BCUT2D eigenvalue weighted by Crippen LogP contribution is 2.12. The first-order chi connectivity index (χ1) is 9.13. The Bertz CT molecular complexity index is 285. The molecular weight excluding hydrogens is 252 g/mol. The van der Waals surface area contributed by atoms with Crippen LogP contribution in [0, 0.1) is 0 Å². The summed E-state index contributed by atoms with van der Waals surface area (Å²) in [5.74, 6) is -0.581. The van der Waals surface area contributed by atoms with Crippen molar-refractivity contribution in [3.8, 4) is 0 Å². The summed E-state index contributed by atoms with van der Waals surface area (Å²) in [6, 6.07) is 0. The highest BCUT2D eigenvalue weighted by atomic mass is 16.7. The first-order valence-electron chi connectivity index (χ1n) is 6.75. The van der Waals surface area contributed by atoms with Gasteiger partial charge in [0.1, 0.15) is 6.61 Å². The lowest BCUT2D eigenvalue weighted by molar-refractivity contribution is -0.157. The van der Waals surface area contributed by atoms with Gasteiger partial charge in [0.05, 0.1) is 12.7 Å². The van der Waals surface area contributed by atoms with Gasteiger partial charge >= 0.3 is 12.1 Å². The van der Waals surface area contributed by atoms with E-state index in [1.165, 1.54) is 6.92 Å². The van der Waals surface area contributed by atoms with E-state index < -0.39 is 18.2 Å². The van der Waals surface area contributed by atoms with Gasteiger partial charge in [0.15, 0.2) is 6.10 Å². The lowest BCUT2D eigenvalue weighted by atomic mass is 10.2. The summed E-state index contributed by atoms with van der Waals surface area (Å²) in [6.07, 6.45) is 1.73. The van der Waals surface area contributed by atoms with E-state index in [9.17, 15) is 9.59 Å². The third-order valence-corrected chi connectivity index (χ3v) is 2.76. The molecule has 1 saturated heterocycles. The second-order valence-corrected chi connectivity index (χ2v) is 4.48. The zero-order valence-electron chi connectivity index (χ0n) is 11.6. The number of carbonyl (C=O) groups excluding carboxylic acids is 2. The molecule has 0 N–H and O–H groups in total. The fraction of sp³-hybridized carbons (Fsp3) is 0.846. The minimum Gasteiger partial charge on any atom is -0.460 e. The quantitative estimate of drug-likeness (QED) is 0.522. The third kappa shape index (κ3) is 6.42. The van der Waals surface area contributed by atoms with Crippen molar-refractivity contribution in [1.82, 2.24) is 0 Å². The number of esters is 1. The van der Waals surface area contributed by atoms with Crippen LogP contribution in [0.5, 0.6) is 0 Å². The number of unbranched alkanes of at least 4 members (excludes halogenated alkanes) is 1. The van der Waals surface area contributed by atoms with Gasteiger partial charge in [-0.2, -0.15) is 0 Å². The van der Waals surface area contributed by atoms with Gasteiger partial charge in [-0.1, -0.05) is 13.3 Å². The molecule has 6 nitrogen and oxygen atoms in total. The summed E-state index contributed by atoms with van der Waals surface area (Å²) in [5, 5.41) is 0. The predicted molar refractivity (Wildman–Crippen MR) is 66.7 cm³/mol. The summed E-state index contributed by atoms with van der Waals surface area (Å²) in [4.78, 5) is 22.8. The Balaban J connectivity index is 2.14. The van der Waals surface area contributed by atoms with Crippen molar-refractivity contribution in [2.75, 3.05) is 19.8 Å². The van der Waals surface area contributed by atoms with Crippen molar-refractivity contribution >= 4 is 12.1 Å². The molecule has 19 heavy (non-hydrogen) atoms. The van der Waals surface area contributed by atoms with Crippen molar-refractivity contribution < 1.29 is 28.5 Å². The van der Waals surface area contributed by atoms with Crippen LogP contribution in [0.4, 0.5) is 4.79 Å². The lowest BCUT2D eigenvalue weighted by Crippen LogP contribution is -2.29. The highest BCUT2D eigenvalue weighted by molar-refractivity contribution is 5.77. The zero-order valence-corrected chi connectivity index (χ0v) is 11.6. The van der Waals surface area contributed by atoms with Gasteiger partial charge < -0.3 is 18.9 Å². The molecule has 2 unspecified atom stereocenters. The molecule has 1 rings (SSSR count). The van der Waals surface area contributed by atoms with Gasteiger partial charge in [0.2, 0.25) is 0 Å². The maximum atomic E-state index is 11.6. The van der Waals surface area contributed by atoms with Crippen LogP contribution in [-0.2, 0) is 23.7 Å². The summed E-state index contributed by atoms with van der Waals surface area (Å²) >= 11 is 0. The topological polar surface area (TPSA) is 71.1 Å². The minimum atomic E-state index is -0.962. The van der Waals surface area contributed by atoms with Crippen molar-refractivity contribution in [2.45, 2.75) is 51.7 Å². The molecule has 0 amide bonds. The van der Waals surface area contributed by atoms with Crippen LogP contribution in [0.15, 0.2) is 0 Å². The van der Waals surface area contributed by atoms with Crippen LogP contribution in [0.25, 0.3) is 0 Å². The molecule has 0 aliphatic carbocycles. The fourth-order valence-electron chi connectivity index (χ4n) is 1.59. The van der Waals surface area contributed by atoms with E-state index in [1.54, 1.807) is 0 Å². The molecule has 0 aromatic heterocycles. The van der Waals surface area contributed by atoms with E-state index in [-0.39, 0.29) is 12.7 Å². The smallest absolute Gasteiger partial charge is 0.460 e. The van der Waals surface area contributed by atoms with Gasteiger partial charge in [-0.15, -0.1) is 0 Å². The lowest BCUT2D eigenvalue weighted by Gasteiger charge is -2.14. The van der Waals surface area contributed by atoms with E-state index >= 15 is 0 Å². The zero-order chi connectivity index (χ0) is 14.1. The molecule has 0 radical (unpaired) electrons.